The van der Waals surface area contributed by atoms with Crippen molar-refractivity contribution in [3.8, 4) is 5.75 Å². The van der Waals surface area contributed by atoms with Crippen molar-refractivity contribution in [3.05, 3.63) is 47.8 Å². The van der Waals surface area contributed by atoms with E-state index in [1.165, 1.54) is 24.8 Å². The van der Waals surface area contributed by atoms with Gasteiger partial charge >= 0.3 is 0 Å². The lowest BCUT2D eigenvalue weighted by Crippen LogP contribution is -2.44. The highest BCUT2D eigenvalue weighted by atomic mass is 127. The maximum atomic E-state index is 5.34. The molecule has 2 N–H and O–H groups in total. The third-order valence-electron chi connectivity index (χ3n) is 5.32. The molecular formula is C22H35IN6O. The minimum Gasteiger partial charge on any atom is -0.497 e. The molecule has 2 aromatic rings. The Morgan fingerprint density at radius 3 is 2.50 bits per heavy atom. The first-order chi connectivity index (χ1) is 14.2. The Labute approximate surface area is 197 Å². The highest BCUT2D eigenvalue weighted by Crippen LogP contribution is 2.25. The van der Waals surface area contributed by atoms with Crippen molar-refractivity contribution in [2.24, 2.45) is 12.0 Å². The zero-order valence-corrected chi connectivity index (χ0v) is 20.6. The molecule has 8 heteroatoms. The SMILES string of the molecule is CCNC(=NCc1cnn(C)c1)NCC(c1ccc(OC)cc1)N1CCCCC1.I. The largest absolute Gasteiger partial charge is 0.497 e. The highest BCUT2D eigenvalue weighted by Gasteiger charge is 2.22. The van der Waals surface area contributed by atoms with Crippen LogP contribution >= 0.6 is 24.0 Å². The molecule has 0 saturated carbocycles. The van der Waals surface area contributed by atoms with Crippen molar-refractivity contribution in [3.63, 3.8) is 0 Å². The molecule has 7 nitrogen and oxygen atoms in total. The van der Waals surface area contributed by atoms with Gasteiger partial charge in [0.05, 0.1) is 25.9 Å². The van der Waals surface area contributed by atoms with Gasteiger partial charge in [-0.3, -0.25) is 9.58 Å². The molecule has 1 unspecified atom stereocenters. The molecule has 0 amide bonds. The number of aryl methyl sites for hydroxylation is 1. The lowest BCUT2D eigenvalue weighted by Gasteiger charge is -2.35. The Morgan fingerprint density at radius 2 is 1.90 bits per heavy atom. The van der Waals surface area contributed by atoms with Gasteiger partial charge in [-0.05, 0) is 50.6 Å². The molecule has 1 aromatic heterocycles. The van der Waals surface area contributed by atoms with E-state index in [9.17, 15) is 0 Å². The number of methoxy groups -OCH3 is 1. The zero-order valence-electron chi connectivity index (χ0n) is 18.3. The number of ether oxygens (including phenoxy) is 1. The Morgan fingerprint density at radius 1 is 1.17 bits per heavy atom. The summed E-state index contributed by atoms with van der Waals surface area (Å²) >= 11 is 0. The van der Waals surface area contributed by atoms with Crippen LogP contribution in [0.3, 0.4) is 0 Å². The number of piperidine rings is 1. The topological polar surface area (TPSA) is 66.7 Å². The summed E-state index contributed by atoms with van der Waals surface area (Å²) in [6.45, 7) is 6.62. The second-order valence-electron chi connectivity index (χ2n) is 7.48. The van der Waals surface area contributed by atoms with Crippen LogP contribution in [0.25, 0.3) is 0 Å². The standard InChI is InChI=1S/C22H34N6O.HI/c1-4-23-22(24-14-18-15-26-27(2)17-18)25-16-21(28-12-6-5-7-13-28)19-8-10-20(29-3)11-9-19;/h8-11,15,17,21H,4-7,12-14,16H2,1-3H3,(H2,23,24,25);1H. The number of aliphatic imine (C=N–C) groups is 1. The first kappa shape index (κ1) is 24.5. The summed E-state index contributed by atoms with van der Waals surface area (Å²) in [7, 11) is 3.63. The number of guanidine groups is 1. The van der Waals surface area contributed by atoms with E-state index >= 15 is 0 Å². The second kappa shape index (κ2) is 12.8. The number of aromatic nitrogens is 2. The summed E-state index contributed by atoms with van der Waals surface area (Å²) in [5.74, 6) is 1.73. The monoisotopic (exact) mass is 526 g/mol. The van der Waals surface area contributed by atoms with Crippen LogP contribution in [-0.4, -0.2) is 53.9 Å². The van der Waals surface area contributed by atoms with Gasteiger partial charge in [-0.15, -0.1) is 24.0 Å². The van der Waals surface area contributed by atoms with E-state index < -0.39 is 0 Å². The zero-order chi connectivity index (χ0) is 20.5. The number of nitrogens with one attached hydrogen (secondary N) is 2. The van der Waals surface area contributed by atoms with Crippen molar-refractivity contribution < 1.29 is 4.74 Å². The van der Waals surface area contributed by atoms with Crippen LogP contribution in [0.5, 0.6) is 5.75 Å². The molecule has 1 fully saturated rings. The maximum absolute atomic E-state index is 5.34. The first-order valence-corrected chi connectivity index (χ1v) is 10.6. The van der Waals surface area contributed by atoms with Gasteiger partial charge in [-0.1, -0.05) is 18.6 Å². The Balaban J connectivity index is 0.00000320. The quantitative estimate of drug-likeness (QED) is 0.314. The van der Waals surface area contributed by atoms with Crippen molar-refractivity contribution >= 4 is 29.9 Å². The molecule has 30 heavy (non-hydrogen) atoms. The van der Waals surface area contributed by atoms with Crippen LogP contribution in [0.4, 0.5) is 0 Å². The van der Waals surface area contributed by atoms with Gasteiger partial charge in [-0.2, -0.15) is 5.10 Å². The minimum atomic E-state index is 0. The van der Waals surface area contributed by atoms with Crippen molar-refractivity contribution in [2.45, 2.75) is 38.8 Å². The molecule has 1 aliphatic heterocycles. The van der Waals surface area contributed by atoms with Gasteiger partial charge in [0.15, 0.2) is 5.96 Å². The van der Waals surface area contributed by atoms with Crippen molar-refractivity contribution in [1.29, 1.82) is 0 Å². The number of hydrogen-bond donors (Lipinski definition) is 2. The molecule has 166 valence electrons. The smallest absolute Gasteiger partial charge is 0.191 e. The van der Waals surface area contributed by atoms with Gasteiger partial charge in [-0.25, -0.2) is 4.99 Å². The van der Waals surface area contributed by atoms with Gasteiger partial charge in [0.2, 0.25) is 0 Å². The Bertz CT molecular complexity index is 770. The fourth-order valence-electron chi connectivity index (χ4n) is 3.77. The summed E-state index contributed by atoms with van der Waals surface area (Å²) in [6, 6.07) is 8.77. The normalized spacial score (nSPS) is 15.9. The molecule has 3 rings (SSSR count). The van der Waals surface area contributed by atoms with E-state index in [1.807, 2.05) is 31.6 Å². The van der Waals surface area contributed by atoms with Gasteiger partial charge in [0.25, 0.3) is 0 Å². The van der Waals surface area contributed by atoms with Crippen LogP contribution in [0.15, 0.2) is 41.7 Å². The number of likely N-dealkylation sites (tertiary alicyclic amines) is 1. The lowest BCUT2D eigenvalue weighted by molar-refractivity contribution is 0.164. The summed E-state index contributed by atoms with van der Waals surface area (Å²) < 4.78 is 7.14. The third kappa shape index (κ3) is 7.16. The van der Waals surface area contributed by atoms with Crippen LogP contribution in [0, 0.1) is 0 Å². The van der Waals surface area contributed by atoms with E-state index in [1.54, 1.807) is 11.8 Å². The number of rotatable bonds is 8. The Hall–Kier alpha value is -1.81. The molecule has 0 aliphatic carbocycles. The lowest BCUT2D eigenvalue weighted by atomic mass is 10.0. The summed E-state index contributed by atoms with van der Waals surface area (Å²) in [6.07, 6.45) is 7.72. The van der Waals surface area contributed by atoms with Crippen molar-refractivity contribution in [2.75, 3.05) is 33.3 Å². The molecule has 1 atom stereocenters. The van der Waals surface area contributed by atoms with Gasteiger partial charge in [0.1, 0.15) is 5.75 Å². The molecule has 1 aromatic carbocycles. The number of nitrogens with zero attached hydrogens (tertiary/aromatic N) is 4. The highest BCUT2D eigenvalue weighted by molar-refractivity contribution is 14.0. The fraction of sp³-hybridized carbons (Fsp3) is 0.545. The van der Waals surface area contributed by atoms with Gasteiger partial charge < -0.3 is 15.4 Å². The van der Waals surface area contributed by atoms with Crippen LogP contribution in [0.2, 0.25) is 0 Å². The fourth-order valence-corrected chi connectivity index (χ4v) is 3.77. The molecule has 0 spiro atoms. The van der Waals surface area contributed by atoms with E-state index in [4.69, 9.17) is 9.73 Å². The van der Waals surface area contributed by atoms with Crippen LogP contribution < -0.4 is 15.4 Å². The number of hydrogen-bond acceptors (Lipinski definition) is 4. The number of halogens is 1. The summed E-state index contributed by atoms with van der Waals surface area (Å²) in [5, 5.41) is 11.1. The predicted octanol–water partition coefficient (Wildman–Crippen LogP) is 3.33. The molecule has 0 radical (unpaired) electrons. The average Bonchev–Trinajstić information content (AvgIpc) is 3.18. The number of benzene rings is 1. The second-order valence-corrected chi connectivity index (χ2v) is 7.48. The van der Waals surface area contributed by atoms with Crippen molar-refractivity contribution in [1.82, 2.24) is 25.3 Å². The molecular weight excluding hydrogens is 491 g/mol. The Kier molecular flexibility index (Phi) is 10.4. The van der Waals surface area contributed by atoms with E-state index in [0.29, 0.717) is 12.6 Å². The van der Waals surface area contributed by atoms with Crippen LogP contribution in [-0.2, 0) is 13.6 Å². The average molecular weight is 526 g/mol. The molecule has 0 bridgehead atoms. The van der Waals surface area contributed by atoms with E-state index in [0.717, 1.165) is 43.5 Å². The first-order valence-electron chi connectivity index (χ1n) is 10.6. The van der Waals surface area contributed by atoms with Crippen LogP contribution in [0.1, 0.15) is 43.4 Å². The minimum absolute atomic E-state index is 0. The molecule has 1 saturated heterocycles. The summed E-state index contributed by atoms with van der Waals surface area (Å²) in [4.78, 5) is 7.32. The third-order valence-corrected chi connectivity index (χ3v) is 5.32. The maximum Gasteiger partial charge on any atom is 0.191 e. The molecule has 2 heterocycles. The van der Waals surface area contributed by atoms with E-state index in [-0.39, 0.29) is 24.0 Å². The van der Waals surface area contributed by atoms with E-state index in [2.05, 4.69) is 39.7 Å². The van der Waals surface area contributed by atoms with Gasteiger partial charge in [0, 0.05) is 31.9 Å². The predicted molar refractivity (Wildman–Crippen MR) is 133 cm³/mol. The summed E-state index contributed by atoms with van der Waals surface area (Å²) in [5.41, 5.74) is 2.41. The molecule has 1 aliphatic rings.